The largest absolute Gasteiger partial charge is 0.416 e. The van der Waals surface area contributed by atoms with Crippen molar-refractivity contribution in [3.8, 4) is 0 Å². The van der Waals surface area contributed by atoms with Crippen LogP contribution in [-0.4, -0.2) is 0 Å². The molecule has 0 saturated carbocycles. The van der Waals surface area contributed by atoms with Crippen LogP contribution in [0.5, 0.6) is 0 Å². The van der Waals surface area contributed by atoms with Crippen LogP contribution in [0.25, 0.3) is 0 Å². The van der Waals surface area contributed by atoms with E-state index in [0.29, 0.717) is 15.1 Å². The van der Waals surface area contributed by atoms with Crippen molar-refractivity contribution in [2.45, 2.75) is 11.0 Å². The lowest BCUT2D eigenvalue weighted by Gasteiger charge is -2.18. The summed E-state index contributed by atoms with van der Waals surface area (Å²) in [5.74, 6) is 0. The summed E-state index contributed by atoms with van der Waals surface area (Å²) in [6, 6.07) is 10.8. The smallest absolute Gasteiger partial charge is 0.166 e. The van der Waals surface area contributed by atoms with Crippen molar-refractivity contribution in [1.29, 1.82) is 0 Å². The molecule has 0 saturated heterocycles. The molecular formula is C14H8Br2ClF3. The minimum Gasteiger partial charge on any atom is -0.166 e. The Morgan fingerprint density at radius 1 is 1.00 bits per heavy atom. The summed E-state index contributed by atoms with van der Waals surface area (Å²) in [5, 5.41) is 0.542. The van der Waals surface area contributed by atoms with Crippen molar-refractivity contribution >= 4 is 43.5 Å². The Balaban J connectivity index is 2.49. The molecule has 20 heavy (non-hydrogen) atoms. The Morgan fingerprint density at radius 2 is 1.60 bits per heavy atom. The summed E-state index contributed by atoms with van der Waals surface area (Å²) in [5.41, 5.74) is 0.217. The molecular weight excluding hydrogens is 420 g/mol. The average Bonchev–Trinajstić information content (AvgIpc) is 2.38. The summed E-state index contributed by atoms with van der Waals surface area (Å²) >= 11 is 12.2. The molecule has 0 spiro atoms. The monoisotopic (exact) mass is 426 g/mol. The van der Waals surface area contributed by atoms with E-state index in [0.717, 1.165) is 6.07 Å². The fraction of sp³-hybridized carbons (Fsp3) is 0.143. The average molecular weight is 428 g/mol. The SMILES string of the molecule is FC(F)(F)c1cc(Br)ccc1C(Br)c1ccc(Cl)cc1. The molecule has 0 N–H and O–H groups in total. The zero-order chi connectivity index (χ0) is 14.9. The second-order valence-corrected chi connectivity index (χ2v) is 6.41. The predicted molar refractivity (Wildman–Crippen MR) is 81.4 cm³/mol. The summed E-state index contributed by atoms with van der Waals surface area (Å²) in [4.78, 5) is -0.551. The molecule has 0 heterocycles. The molecule has 2 aromatic carbocycles. The van der Waals surface area contributed by atoms with Gasteiger partial charge in [0, 0.05) is 9.50 Å². The van der Waals surface area contributed by atoms with Crippen LogP contribution >= 0.6 is 43.5 Å². The van der Waals surface area contributed by atoms with Crippen molar-refractivity contribution < 1.29 is 13.2 Å². The van der Waals surface area contributed by atoms with Gasteiger partial charge in [-0.25, -0.2) is 0 Å². The van der Waals surface area contributed by atoms with Gasteiger partial charge in [-0.2, -0.15) is 13.2 Å². The number of rotatable bonds is 2. The van der Waals surface area contributed by atoms with Crippen LogP contribution in [0.3, 0.4) is 0 Å². The van der Waals surface area contributed by atoms with E-state index in [1.807, 2.05) is 0 Å². The lowest BCUT2D eigenvalue weighted by Crippen LogP contribution is -2.10. The van der Waals surface area contributed by atoms with Crippen molar-refractivity contribution in [2.24, 2.45) is 0 Å². The van der Waals surface area contributed by atoms with Gasteiger partial charge in [-0.3, -0.25) is 0 Å². The Hall–Kier alpha value is -0.520. The maximum absolute atomic E-state index is 13.1. The van der Waals surface area contributed by atoms with Crippen molar-refractivity contribution in [1.82, 2.24) is 0 Å². The molecule has 0 radical (unpaired) electrons. The maximum atomic E-state index is 13.1. The zero-order valence-electron chi connectivity index (χ0n) is 9.89. The summed E-state index contributed by atoms with van der Waals surface area (Å²) in [7, 11) is 0. The van der Waals surface area contributed by atoms with Crippen LogP contribution in [0, 0.1) is 0 Å². The number of benzene rings is 2. The van der Waals surface area contributed by atoms with E-state index in [-0.39, 0.29) is 5.56 Å². The molecule has 0 aliphatic heterocycles. The lowest BCUT2D eigenvalue weighted by atomic mass is 9.99. The standard InChI is InChI=1S/C14H8Br2ClF3/c15-9-3-6-11(12(7-9)14(18,19)20)13(16)8-1-4-10(17)5-2-8/h1-7,13H. The molecule has 0 amide bonds. The van der Waals surface area contributed by atoms with Gasteiger partial charge < -0.3 is 0 Å². The van der Waals surface area contributed by atoms with Gasteiger partial charge in [0.1, 0.15) is 0 Å². The molecule has 0 nitrogen and oxygen atoms in total. The minimum atomic E-state index is -4.41. The maximum Gasteiger partial charge on any atom is 0.416 e. The van der Waals surface area contributed by atoms with Crippen LogP contribution < -0.4 is 0 Å². The van der Waals surface area contributed by atoms with Crippen molar-refractivity contribution in [3.63, 3.8) is 0 Å². The highest BCUT2D eigenvalue weighted by Crippen LogP contribution is 2.41. The van der Waals surface area contributed by atoms with Gasteiger partial charge in [-0.05, 0) is 35.4 Å². The minimum absolute atomic E-state index is 0.169. The quantitative estimate of drug-likeness (QED) is 0.473. The second kappa shape index (κ2) is 6.08. The summed E-state index contributed by atoms with van der Waals surface area (Å²) in [6.45, 7) is 0. The molecule has 2 aromatic rings. The first-order valence-electron chi connectivity index (χ1n) is 5.55. The molecule has 0 aromatic heterocycles. The van der Waals surface area contributed by atoms with Crippen LogP contribution in [0.1, 0.15) is 21.5 Å². The third kappa shape index (κ3) is 3.57. The highest BCUT2D eigenvalue weighted by atomic mass is 79.9. The fourth-order valence-corrected chi connectivity index (χ4v) is 3.00. The first-order valence-corrected chi connectivity index (χ1v) is 7.64. The van der Waals surface area contributed by atoms with Gasteiger partial charge in [0.25, 0.3) is 0 Å². The normalized spacial score (nSPS) is 13.3. The first kappa shape index (κ1) is 15.9. The third-order valence-electron chi connectivity index (χ3n) is 2.76. The van der Waals surface area contributed by atoms with Gasteiger partial charge in [0.05, 0.1) is 10.4 Å². The summed E-state index contributed by atoms with van der Waals surface area (Å²) in [6.07, 6.45) is -4.41. The lowest BCUT2D eigenvalue weighted by molar-refractivity contribution is -0.138. The molecule has 0 aliphatic carbocycles. The summed E-state index contributed by atoms with van der Waals surface area (Å²) < 4.78 is 39.7. The number of alkyl halides is 4. The Morgan fingerprint density at radius 3 is 2.15 bits per heavy atom. The molecule has 1 atom stereocenters. The number of hydrogen-bond acceptors (Lipinski definition) is 0. The zero-order valence-corrected chi connectivity index (χ0v) is 13.8. The third-order valence-corrected chi connectivity index (χ3v) is 4.52. The topological polar surface area (TPSA) is 0 Å². The van der Waals surface area contributed by atoms with E-state index in [9.17, 15) is 13.2 Å². The Kier molecular flexibility index (Phi) is 4.82. The van der Waals surface area contributed by atoms with Crippen LogP contribution in [-0.2, 0) is 6.18 Å². The molecule has 106 valence electrons. The second-order valence-electron chi connectivity index (χ2n) is 4.14. The van der Waals surface area contributed by atoms with Crippen LogP contribution in [0.15, 0.2) is 46.9 Å². The highest BCUT2D eigenvalue weighted by molar-refractivity contribution is 9.10. The van der Waals surface area contributed by atoms with Gasteiger partial charge >= 0.3 is 6.18 Å². The molecule has 0 fully saturated rings. The Labute approximate surface area is 136 Å². The molecule has 1 unspecified atom stereocenters. The molecule has 2 rings (SSSR count). The van der Waals surface area contributed by atoms with Gasteiger partial charge in [0.2, 0.25) is 0 Å². The van der Waals surface area contributed by atoms with Crippen LogP contribution in [0.4, 0.5) is 13.2 Å². The van der Waals surface area contributed by atoms with E-state index in [1.54, 1.807) is 30.3 Å². The van der Waals surface area contributed by atoms with Crippen molar-refractivity contribution in [3.05, 3.63) is 68.7 Å². The van der Waals surface area contributed by atoms with E-state index < -0.39 is 16.6 Å². The fourth-order valence-electron chi connectivity index (χ4n) is 1.81. The van der Waals surface area contributed by atoms with Crippen LogP contribution in [0.2, 0.25) is 5.02 Å². The predicted octanol–water partition coefficient (Wildman–Crippen LogP) is 6.61. The van der Waals surface area contributed by atoms with E-state index >= 15 is 0 Å². The first-order chi connectivity index (χ1) is 9.29. The van der Waals surface area contributed by atoms with E-state index in [2.05, 4.69) is 31.9 Å². The highest BCUT2D eigenvalue weighted by Gasteiger charge is 2.35. The van der Waals surface area contributed by atoms with Gasteiger partial charge in [0.15, 0.2) is 0 Å². The molecule has 0 aliphatic rings. The van der Waals surface area contributed by atoms with Gasteiger partial charge in [-0.15, -0.1) is 0 Å². The number of halogens is 6. The Bertz CT molecular complexity index is 609. The number of hydrogen-bond donors (Lipinski definition) is 0. The van der Waals surface area contributed by atoms with Crippen molar-refractivity contribution in [2.75, 3.05) is 0 Å². The molecule has 0 bridgehead atoms. The van der Waals surface area contributed by atoms with E-state index in [4.69, 9.17) is 11.6 Å². The van der Waals surface area contributed by atoms with E-state index in [1.165, 1.54) is 6.07 Å². The van der Waals surface area contributed by atoms with Gasteiger partial charge in [-0.1, -0.05) is 61.7 Å². The molecule has 6 heteroatoms.